The van der Waals surface area contributed by atoms with Gasteiger partial charge in [-0.25, -0.2) is 4.79 Å². The number of benzene rings is 4. The van der Waals surface area contributed by atoms with Crippen molar-refractivity contribution >= 4 is 45.8 Å². The minimum atomic E-state index is -0.292. The topological polar surface area (TPSA) is 31.2 Å². The van der Waals surface area contributed by atoms with Gasteiger partial charge in [-0.05, 0) is 27.8 Å². The lowest BCUT2D eigenvalue weighted by Crippen LogP contribution is -2.14. The maximum absolute atomic E-state index is 13.0. The minimum absolute atomic E-state index is 0.270. The van der Waals surface area contributed by atoms with Crippen LogP contribution in [-0.2, 0) is 11.3 Å². The summed E-state index contributed by atoms with van der Waals surface area (Å²) in [6.07, 6.45) is 0. The van der Waals surface area contributed by atoms with E-state index in [1.54, 1.807) is 0 Å². The second-order valence-corrected chi connectivity index (χ2v) is 7.19. The maximum atomic E-state index is 13.0. The normalized spacial score (nSPS) is 11.2. The van der Waals surface area contributed by atoms with Crippen LogP contribution in [0.4, 0.5) is 0 Å². The molecule has 0 amide bonds. The number of carbonyl (C=O) groups excluding carboxylic acids is 1. The lowest BCUT2D eigenvalue weighted by Gasteiger charge is -2.11. The van der Waals surface area contributed by atoms with Gasteiger partial charge in [0.05, 0.1) is 0 Å². The third-order valence-corrected chi connectivity index (χ3v) is 5.52. The Morgan fingerprint density at radius 3 is 2.00 bits per heavy atom. The predicted molar refractivity (Wildman–Crippen MR) is 121 cm³/mol. The zero-order valence-electron chi connectivity index (χ0n) is 16.3. The summed E-state index contributed by atoms with van der Waals surface area (Å²) in [5.74, 6) is -0.292. The lowest BCUT2D eigenvalue weighted by atomic mass is 9.95. The summed E-state index contributed by atoms with van der Waals surface area (Å²) < 4.78 is 7.73. The van der Waals surface area contributed by atoms with Gasteiger partial charge in [-0.1, -0.05) is 85.7 Å². The van der Waals surface area contributed by atoms with Crippen LogP contribution in [0.1, 0.15) is 16.1 Å². The van der Waals surface area contributed by atoms with Gasteiger partial charge in [-0.15, -0.1) is 0 Å². The van der Waals surface area contributed by atoms with Crippen molar-refractivity contribution in [2.75, 3.05) is 0 Å². The van der Waals surface area contributed by atoms with Gasteiger partial charge in [0, 0.05) is 16.3 Å². The average molecular weight is 377 g/mol. The second kappa shape index (κ2) is 7.14. The van der Waals surface area contributed by atoms with E-state index in [4.69, 9.17) is 4.74 Å². The standard InChI is InChI=1S/C25H20BNO2/c1-26-27-23(25(28)29-16-17-9-3-2-4-10-17)15-22-20-13-6-5-11-18(20)19-12-7-8-14-21(19)24(22)27/h2-15,26H,16H2,1H3. The van der Waals surface area contributed by atoms with E-state index in [-0.39, 0.29) is 12.6 Å². The van der Waals surface area contributed by atoms with E-state index < -0.39 is 0 Å². The molecular weight excluding hydrogens is 357 g/mol. The van der Waals surface area contributed by atoms with E-state index >= 15 is 0 Å². The first kappa shape index (κ1) is 17.6. The molecule has 0 saturated carbocycles. The molecule has 4 heteroatoms. The summed E-state index contributed by atoms with van der Waals surface area (Å²) in [6.45, 7) is 2.34. The first-order chi connectivity index (χ1) is 14.3. The summed E-state index contributed by atoms with van der Waals surface area (Å²) in [4.78, 5) is 13.0. The highest BCUT2D eigenvalue weighted by Crippen LogP contribution is 2.36. The van der Waals surface area contributed by atoms with Crippen molar-refractivity contribution in [3.8, 4) is 0 Å². The summed E-state index contributed by atoms with van der Waals surface area (Å²) in [5, 5.41) is 5.81. The van der Waals surface area contributed by atoms with Gasteiger partial charge in [0.2, 0.25) is 7.41 Å². The van der Waals surface area contributed by atoms with Crippen molar-refractivity contribution in [1.29, 1.82) is 0 Å². The van der Waals surface area contributed by atoms with Crippen LogP contribution in [-0.4, -0.2) is 17.9 Å². The fourth-order valence-corrected chi connectivity index (χ4v) is 4.22. The molecule has 0 N–H and O–H groups in total. The van der Waals surface area contributed by atoms with Gasteiger partial charge in [-0.3, -0.25) is 0 Å². The van der Waals surface area contributed by atoms with Crippen molar-refractivity contribution in [3.63, 3.8) is 0 Å². The SMILES string of the molecule is CBn1c(C(=O)OCc2ccccc2)cc2c3ccccc3c3ccccc3c21. The number of ether oxygens (including phenoxy) is 1. The number of aromatic nitrogens is 1. The van der Waals surface area contributed by atoms with Crippen LogP contribution in [0.25, 0.3) is 32.4 Å². The monoisotopic (exact) mass is 377 g/mol. The Labute approximate surface area is 169 Å². The fraction of sp³-hybridized carbons (Fsp3) is 0.0800. The number of carbonyl (C=O) groups is 1. The molecule has 0 saturated heterocycles. The molecule has 140 valence electrons. The number of esters is 1. The van der Waals surface area contributed by atoms with Crippen molar-refractivity contribution in [2.24, 2.45) is 0 Å². The summed E-state index contributed by atoms with van der Waals surface area (Å²) in [7, 11) is 0.696. The van der Waals surface area contributed by atoms with E-state index in [1.165, 1.54) is 10.8 Å². The summed E-state index contributed by atoms with van der Waals surface area (Å²) >= 11 is 0. The largest absolute Gasteiger partial charge is 0.456 e. The molecule has 0 atom stereocenters. The molecule has 1 heterocycles. The third kappa shape index (κ3) is 2.88. The number of rotatable bonds is 4. The van der Waals surface area contributed by atoms with Crippen LogP contribution < -0.4 is 0 Å². The van der Waals surface area contributed by atoms with Crippen molar-refractivity contribution in [3.05, 3.63) is 96.2 Å². The molecule has 0 aliphatic carbocycles. The predicted octanol–water partition coefficient (Wildman–Crippen LogP) is 5.55. The molecular formula is C25H20BNO2. The Kier molecular flexibility index (Phi) is 4.32. The van der Waals surface area contributed by atoms with Crippen LogP contribution in [0.2, 0.25) is 6.82 Å². The molecule has 0 unspecified atom stereocenters. The Morgan fingerprint density at radius 1 is 0.793 bits per heavy atom. The van der Waals surface area contributed by atoms with E-state index in [0.29, 0.717) is 13.1 Å². The first-order valence-corrected chi connectivity index (χ1v) is 9.91. The maximum Gasteiger partial charge on any atom is 0.354 e. The van der Waals surface area contributed by atoms with Crippen LogP contribution in [0, 0.1) is 0 Å². The average Bonchev–Trinajstić information content (AvgIpc) is 3.18. The molecule has 29 heavy (non-hydrogen) atoms. The van der Waals surface area contributed by atoms with Gasteiger partial charge in [0.25, 0.3) is 0 Å². The highest BCUT2D eigenvalue weighted by Gasteiger charge is 2.20. The molecule has 3 nitrogen and oxygen atoms in total. The van der Waals surface area contributed by atoms with Gasteiger partial charge in [-0.2, -0.15) is 0 Å². The van der Waals surface area contributed by atoms with Gasteiger partial charge in [0.15, 0.2) is 0 Å². The molecule has 0 spiro atoms. The van der Waals surface area contributed by atoms with Gasteiger partial charge >= 0.3 is 5.97 Å². The van der Waals surface area contributed by atoms with Gasteiger partial charge < -0.3 is 9.21 Å². The number of nitrogens with zero attached hydrogens (tertiary/aromatic N) is 1. The van der Waals surface area contributed by atoms with Crippen LogP contribution >= 0.6 is 0 Å². The molecule has 0 bridgehead atoms. The zero-order chi connectivity index (χ0) is 19.8. The summed E-state index contributed by atoms with van der Waals surface area (Å²) in [5.41, 5.74) is 2.67. The molecule has 0 fully saturated rings. The Balaban J connectivity index is 1.70. The summed E-state index contributed by atoms with van der Waals surface area (Å²) in [6, 6.07) is 28.6. The van der Waals surface area contributed by atoms with Crippen LogP contribution in [0.5, 0.6) is 0 Å². The Hall–Kier alpha value is -3.53. The second-order valence-electron chi connectivity index (χ2n) is 7.19. The van der Waals surface area contributed by atoms with E-state index in [9.17, 15) is 4.79 Å². The Bertz CT molecular complexity index is 1360. The third-order valence-electron chi connectivity index (χ3n) is 5.52. The molecule has 4 aromatic carbocycles. The number of fused-ring (bicyclic) bond motifs is 6. The quantitative estimate of drug-likeness (QED) is 0.234. The highest BCUT2D eigenvalue weighted by molar-refractivity contribution is 6.38. The first-order valence-electron chi connectivity index (χ1n) is 9.91. The van der Waals surface area contributed by atoms with Gasteiger partial charge in [0.1, 0.15) is 12.3 Å². The van der Waals surface area contributed by atoms with Crippen molar-refractivity contribution in [2.45, 2.75) is 13.4 Å². The Morgan fingerprint density at radius 2 is 1.34 bits per heavy atom. The molecule has 0 radical (unpaired) electrons. The van der Waals surface area contributed by atoms with E-state index in [2.05, 4.69) is 53.8 Å². The van der Waals surface area contributed by atoms with Crippen molar-refractivity contribution < 1.29 is 9.53 Å². The van der Waals surface area contributed by atoms with E-state index in [0.717, 1.165) is 27.2 Å². The number of hydrogen-bond acceptors (Lipinski definition) is 2. The van der Waals surface area contributed by atoms with Crippen molar-refractivity contribution in [1.82, 2.24) is 4.48 Å². The van der Waals surface area contributed by atoms with Crippen LogP contribution in [0.15, 0.2) is 84.9 Å². The smallest absolute Gasteiger partial charge is 0.354 e. The minimum Gasteiger partial charge on any atom is -0.456 e. The molecule has 5 rings (SSSR count). The number of hydrogen-bond donors (Lipinski definition) is 0. The van der Waals surface area contributed by atoms with Crippen LogP contribution in [0.3, 0.4) is 0 Å². The zero-order valence-corrected chi connectivity index (χ0v) is 16.3. The molecule has 1 aromatic heterocycles. The highest BCUT2D eigenvalue weighted by atomic mass is 16.5. The van der Waals surface area contributed by atoms with E-state index in [1.807, 2.05) is 42.5 Å². The fourth-order valence-electron chi connectivity index (χ4n) is 4.22. The molecule has 0 aliphatic heterocycles. The molecule has 0 aliphatic rings. The lowest BCUT2D eigenvalue weighted by molar-refractivity contribution is 0.0465. The molecule has 5 aromatic rings.